The van der Waals surface area contributed by atoms with Gasteiger partial charge in [0.15, 0.2) is 0 Å². The molecule has 2 aliphatic heterocycles. The predicted octanol–water partition coefficient (Wildman–Crippen LogP) is 1.03. The predicted molar refractivity (Wildman–Crippen MR) is 99.0 cm³/mol. The molecule has 0 aromatic heterocycles. The summed E-state index contributed by atoms with van der Waals surface area (Å²) in [6.45, 7) is 5.35. The van der Waals surface area contributed by atoms with E-state index in [2.05, 4.69) is 15.5 Å². The Morgan fingerprint density at radius 3 is 2.50 bits per heavy atom. The zero-order valence-electron chi connectivity index (χ0n) is 14.9. The van der Waals surface area contributed by atoms with Crippen LogP contribution in [0.4, 0.5) is 5.69 Å². The fourth-order valence-corrected chi connectivity index (χ4v) is 3.45. The molecule has 7 heteroatoms. The van der Waals surface area contributed by atoms with Crippen molar-refractivity contribution in [3.8, 4) is 0 Å². The number of anilines is 1. The lowest BCUT2D eigenvalue weighted by Gasteiger charge is -2.39. The van der Waals surface area contributed by atoms with E-state index in [4.69, 9.17) is 4.84 Å². The molecule has 0 saturated carbocycles. The summed E-state index contributed by atoms with van der Waals surface area (Å²) in [7, 11) is 0. The molecule has 26 heavy (non-hydrogen) atoms. The summed E-state index contributed by atoms with van der Waals surface area (Å²) in [5, 5.41) is 7.99. The number of benzene rings is 1. The van der Waals surface area contributed by atoms with Crippen LogP contribution in [-0.2, 0) is 14.4 Å². The van der Waals surface area contributed by atoms with Crippen LogP contribution in [0.1, 0.15) is 19.3 Å². The number of nitrogens with zero attached hydrogens (tertiary/aromatic N) is 2. The highest BCUT2D eigenvalue weighted by atomic mass is 16.7. The molecule has 2 fully saturated rings. The second kappa shape index (κ2) is 9.50. The van der Waals surface area contributed by atoms with Crippen LogP contribution in [0.25, 0.3) is 0 Å². The Balaban J connectivity index is 1.41. The van der Waals surface area contributed by atoms with Gasteiger partial charge in [0, 0.05) is 37.9 Å². The monoisotopic (exact) mass is 358 g/mol. The number of hydroxylamine groups is 2. The van der Waals surface area contributed by atoms with Crippen molar-refractivity contribution in [3.63, 3.8) is 0 Å². The van der Waals surface area contributed by atoms with Gasteiger partial charge in [0.2, 0.25) is 0 Å². The van der Waals surface area contributed by atoms with Gasteiger partial charge in [0.05, 0.1) is 6.42 Å². The molecule has 2 N–H and O–H groups in total. The highest BCUT2D eigenvalue weighted by Gasteiger charge is 2.26. The minimum absolute atomic E-state index is 0.118. The minimum atomic E-state index is -0.443. The van der Waals surface area contributed by atoms with Gasteiger partial charge in [-0.2, -0.15) is 0 Å². The molecule has 0 atom stereocenters. The smallest absolute Gasteiger partial charge is 0.331 e. The molecule has 0 aliphatic carbocycles. The molecule has 0 spiro atoms. The molecule has 2 aliphatic rings. The highest BCUT2D eigenvalue weighted by molar-refractivity contribution is 5.78. The number of hydrogen-bond acceptors (Lipinski definition) is 7. The first-order valence-corrected chi connectivity index (χ1v) is 9.21. The standard InChI is InChI=1S/C19H26N4O3/c24-15-17(21-16-4-2-1-3-5-16)14-19(25)26-23-12-10-22(11-13-23)18-6-8-20-9-7-18/h1-5,18,20-21H,6-14H2. The van der Waals surface area contributed by atoms with Crippen LogP contribution in [0.15, 0.2) is 36.0 Å². The average molecular weight is 358 g/mol. The van der Waals surface area contributed by atoms with E-state index in [0.29, 0.717) is 19.1 Å². The minimum Gasteiger partial charge on any atom is -0.367 e. The second-order valence-corrected chi connectivity index (χ2v) is 6.66. The van der Waals surface area contributed by atoms with Crippen molar-refractivity contribution in [3.05, 3.63) is 36.0 Å². The van der Waals surface area contributed by atoms with E-state index in [1.54, 1.807) is 11.0 Å². The summed E-state index contributed by atoms with van der Waals surface area (Å²) in [4.78, 5) is 31.1. The molecule has 0 bridgehead atoms. The van der Waals surface area contributed by atoms with E-state index in [1.807, 2.05) is 30.3 Å². The summed E-state index contributed by atoms with van der Waals surface area (Å²) >= 11 is 0. The lowest BCUT2D eigenvalue weighted by Crippen LogP contribution is -2.52. The van der Waals surface area contributed by atoms with E-state index in [0.717, 1.165) is 31.9 Å². The number of rotatable bonds is 6. The summed E-state index contributed by atoms with van der Waals surface area (Å²) in [6, 6.07) is 9.86. The van der Waals surface area contributed by atoms with Gasteiger partial charge < -0.3 is 15.5 Å². The van der Waals surface area contributed by atoms with Crippen molar-refractivity contribution in [2.75, 3.05) is 44.6 Å². The fourth-order valence-electron chi connectivity index (χ4n) is 3.45. The van der Waals surface area contributed by atoms with Crippen molar-refractivity contribution >= 4 is 17.6 Å². The van der Waals surface area contributed by atoms with Gasteiger partial charge in [-0.3, -0.25) is 4.90 Å². The molecular weight excluding hydrogens is 332 g/mol. The normalized spacial score (nSPS) is 19.5. The van der Waals surface area contributed by atoms with Crippen LogP contribution in [0.2, 0.25) is 0 Å². The Morgan fingerprint density at radius 1 is 1.15 bits per heavy atom. The van der Waals surface area contributed by atoms with Crippen LogP contribution in [0, 0.1) is 0 Å². The number of piperazine rings is 1. The average Bonchev–Trinajstić information content (AvgIpc) is 2.69. The number of hydrogen-bond donors (Lipinski definition) is 2. The first kappa shape index (κ1) is 18.6. The number of carbonyl (C=O) groups excluding carboxylic acids is 2. The zero-order chi connectivity index (χ0) is 18.2. The number of nitrogens with one attached hydrogen (secondary N) is 2. The highest BCUT2D eigenvalue weighted by Crippen LogP contribution is 2.15. The molecule has 0 radical (unpaired) electrons. The van der Waals surface area contributed by atoms with Crippen molar-refractivity contribution in [2.24, 2.45) is 0 Å². The molecule has 3 rings (SSSR count). The first-order valence-electron chi connectivity index (χ1n) is 9.21. The SMILES string of the molecule is O=C=C(CC(=O)ON1CCN(C2CCNCC2)CC1)Nc1ccccc1. The van der Waals surface area contributed by atoms with Gasteiger partial charge in [-0.1, -0.05) is 18.2 Å². The first-order chi connectivity index (χ1) is 12.7. The molecule has 0 amide bonds. The van der Waals surface area contributed by atoms with E-state index >= 15 is 0 Å². The summed E-state index contributed by atoms with van der Waals surface area (Å²) < 4.78 is 0. The summed E-state index contributed by atoms with van der Waals surface area (Å²) in [6.07, 6.45) is 2.24. The van der Waals surface area contributed by atoms with Crippen molar-refractivity contribution in [2.45, 2.75) is 25.3 Å². The Kier molecular flexibility index (Phi) is 6.80. The van der Waals surface area contributed by atoms with Crippen molar-refractivity contribution < 1.29 is 14.4 Å². The van der Waals surface area contributed by atoms with E-state index in [1.165, 1.54) is 12.8 Å². The molecule has 2 saturated heterocycles. The van der Waals surface area contributed by atoms with Gasteiger partial charge in [-0.25, -0.2) is 9.59 Å². The van der Waals surface area contributed by atoms with Gasteiger partial charge in [0.1, 0.15) is 11.6 Å². The third-order valence-corrected chi connectivity index (χ3v) is 4.84. The van der Waals surface area contributed by atoms with Crippen LogP contribution < -0.4 is 10.6 Å². The lowest BCUT2D eigenvalue weighted by molar-refractivity contribution is -0.198. The van der Waals surface area contributed by atoms with E-state index in [-0.39, 0.29) is 12.1 Å². The maximum atomic E-state index is 12.1. The largest absolute Gasteiger partial charge is 0.367 e. The van der Waals surface area contributed by atoms with Crippen LogP contribution in [0.5, 0.6) is 0 Å². The van der Waals surface area contributed by atoms with Gasteiger partial charge in [0.25, 0.3) is 0 Å². The molecule has 0 unspecified atom stereocenters. The number of piperidine rings is 1. The number of para-hydroxylation sites is 1. The van der Waals surface area contributed by atoms with Crippen LogP contribution >= 0.6 is 0 Å². The third-order valence-electron chi connectivity index (χ3n) is 4.84. The molecule has 7 nitrogen and oxygen atoms in total. The zero-order valence-corrected chi connectivity index (χ0v) is 14.9. The molecule has 140 valence electrons. The number of carbonyl (C=O) groups is 1. The summed E-state index contributed by atoms with van der Waals surface area (Å²) in [5.74, 6) is 1.35. The van der Waals surface area contributed by atoms with E-state index in [9.17, 15) is 9.59 Å². The maximum absolute atomic E-state index is 12.1. The van der Waals surface area contributed by atoms with Gasteiger partial charge >= 0.3 is 5.97 Å². The molecule has 2 heterocycles. The van der Waals surface area contributed by atoms with E-state index < -0.39 is 5.97 Å². The summed E-state index contributed by atoms with van der Waals surface area (Å²) in [5.41, 5.74) is 0.920. The van der Waals surface area contributed by atoms with Gasteiger partial charge in [-0.15, -0.1) is 5.06 Å². The van der Waals surface area contributed by atoms with Crippen molar-refractivity contribution in [1.29, 1.82) is 0 Å². The molecule has 1 aromatic rings. The second-order valence-electron chi connectivity index (χ2n) is 6.66. The lowest BCUT2D eigenvalue weighted by atomic mass is 10.0. The molecule has 1 aromatic carbocycles. The quantitative estimate of drug-likeness (QED) is 0.736. The third kappa shape index (κ3) is 5.41. The Morgan fingerprint density at radius 2 is 1.85 bits per heavy atom. The Hall–Kier alpha value is -2.18. The fraction of sp³-hybridized carbons (Fsp3) is 0.526. The Bertz CT molecular complexity index is 631. The topological polar surface area (TPSA) is 73.9 Å². The molecular formula is C19H26N4O3. The maximum Gasteiger partial charge on any atom is 0.331 e. The Labute approximate surface area is 153 Å². The van der Waals surface area contributed by atoms with Crippen molar-refractivity contribution in [1.82, 2.24) is 15.3 Å². The van der Waals surface area contributed by atoms with Crippen LogP contribution in [-0.4, -0.2) is 67.2 Å². The van der Waals surface area contributed by atoms with Gasteiger partial charge in [-0.05, 0) is 38.1 Å². The van der Waals surface area contributed by atoms with Crippen LogP contribution in [0.3, 0.4) is 0 Å².